The van der Waals surface area contributed by atoms with Crippen molar-refractivity contribution in [1.29, 1.82) is 0 Å². The van der Waals surface area contributed by atoms with Gasteiger partial charge in [0, 0.05) is 12.4 Å². The van der Waals surface area contributed by atoms with Gasteiger partial charge in [-0.15, -0.1) is 0 Å². The van der Waals surface area contributed by atoms with Crippen LogP contribution in [0.3, 0.4) is 0 Å². The van der Waals surface area contributed by atoms with Crippen LogP contribution in [0.25, 0.3) is 0 Å². The third kappa shape index (κ3) is 3.95. The van der Waals surface area contributed by atoms with Gasteiger partial charge >= 0.3 is 5.97 Å². The zero-order valence-corrected chi connectivity index (χ0v) is 11.9. The van der Waals surface area contributed by atoms with Gasteiger partial charge in [-0.3, -0.25) is 4.98 Å². The van der Waals surface area contributed by atoms with Gasteiger partial charge in [0.05, 0.1) is 25.0 Å². The number of aryl methyl sites for hydroxylation is 1. The van der Waals surface area contributed by atoms with Crippen LogP contribution in [0.1, 0.15) is 22.3 Å². The molecule has 0 aliphatic rings. The number of rotatable bonds is 6. The monoisotopic (exact) mass is 286 g/mol. The van der Waals surface area contributed by atoms with E-state index < -0.39 is 5.97 Å². The van der Waals surface area contributed by atoms with Crippen LogP contribution in [0, 0.1) is 0 Å². The van der Waals surface area contributed by atoms with Crippen LogP contribution in [0.4, 0.5) is 5.69 Å². The van der Waals surface area contributed by atoms with Crippen molar-refractivity contribution in [2.75, 3.05) is 19.5 Å². The molecule has 0 saturated heterocycles. The van der Waals surface area contributed by atoms with Crippen LogP contribution in [-0.2, 0) is 11.2 Å². The fourth-order valence-electron chi connectivity index (χ4n) is 1.97. The molecule has 2 N–H and O–H groups in total. The zero-order chi connectivity index (χ0) is 15.1. The quantitative estimate of drug-likeness (QED) is 0.501. The summed E-state index contributed by atoms with van der Waals surface area (Å²) < 4.78 is 10.3. The van der Waals surface area contributed by atoms with Gasteiger partial charge < -0.3 is 15.2 Å². The molecule has 2 aromatic rings. The number of anilines is 1. The minimum Gasteiger partial charge on any atom is -0.491 e. The third-order valence-electron chi connectivity index (χ3n) is 3.09. The van der Waals surface area contributed by atoms with Crippen molar-refractivity contribution in [1.82, 2.24) is 4.98 Å². The van der Waals surface area contributed by atoms with Gasteiger partial charge in [0.15, 0.2) is 0 Å². The number of hydrogen-bond acceptors (Lipinski definition) is 5. The van der Waals surface area contributed by atoms with Crippen LogP contribution in [0.5, 0.6) is 5.75 Å². The molecule has 1 heterocycles. The molecule has 0 aliphatic carbocycles. The lowest BCUT2D eigenvalue weighted by Gasteiger charge is -2.11. The van der Waals surface area contributed by atoms with Crippen molar-refractivity contribution >= 4 is 11.7 Å². The Balaban J connectivity index is 1.90. The number of carbonyl (C=O) groups excluding carboxylic acids is 1. The highest BCUT2D eigenvalue weighted by Gasteiger charge is 2.13. The van der Waals surface area contributed by atoms with Crippen LogP contribution >= 0.6 is 0 Å². The van der Waals surface area contributed by atoms with Crippen molar-refractivity contribution in [2.24, 2.45) is 0 Å². The molecule has 1 aromatic carbocycles. The molecule has 0 fully saturated rings. The molecule has 0 atom stereocenters. The molecular formula is C16H18N2O3. The molecule has 0 radical (unpaired) electrons. The maximum absolute atomic E-state index is 11.5. The van der Waals surface area contributed by atoms with E-state index in [1.165, 1.54) is 12.7 Å². The molecule has 21 heavy (non-hydrogen) atoms. The van der Waals surface area contributed by atoms with E-state index in [1.807, 2.05) is 12.1 Å². The summed E-state index contributed by atoms with van der Waals surface area (Å²) in [7, 11) is 1.32. The Morgan fingerprint density at radius 3 is 2.71 bits per heavy atom. The van der Waals surface area contributed by atoms with Gasteiger partial charge in [0.25, 0.3) is 0 Å². The smallest absolute Gasteiger partial charge is 0.340 e. The van der Waals surface area contributed by atoms with Gasteiger partial charge in [0.2, 0.25) is 0 Å². The SMILES string of the molecule is COC(=O)c1cccc(OCCCc2ccncc2)c1N. The number of esters is 1. The minimum atomic E-state index is -0.463. The number of nitrogen functional groups attached to an aromatic ring is 1. The molecule has 0 amide bonds. The first-order valence-electron chi connectivity index (χ1n) is 6.71. The lowest BCUT2D eigenvalue weighted by atomic mass is 10.1. The summed E-state index contributed by atoms with van der Waals surface area (Å²) in [6.45, 7) is 0.525. The van der Waals surface area contributed by atoms with Gasteiger partial charge in [0.1, 0.15) is 5.75 Å². The normalized spacial score (nSPS) is 10.1. The number of nitrogens with two attached hydrogens (primary N) is 1. The Kier molecular flexibility index (Phi) is 5.15. The average molecular weight is 286 g/mol. The summed E-state index contributed by atoms with van der Waals surface area (Å²) in [6, 6.07) is 9.04. The van der Waals surface area contributed by atoms with Crippen LogP contribution < -0.4 is 10.5 Å². The summed E-state index contributed by atoms with van der Waals surface area (Å²) in [4.78, 5) is 15.5. The molecule has 0 saturated carbocycles. The topological polar surface area (TPSA) is 74.4 Å². The van der Waals surface area contributed by atoms with E-state index in [-0.39, 0.29) is 0 Å². The highest BCUT2D eigenvalue weighted by molar-refractivity contribution is 5.96. The lowest BCUT2D eigenvalue weighted by molar-refractivity contribution is 0.0601. The van der Waals surface area contributed by atoms with Crippen LogP contribution in [-0.4, -0.2) is 24.7 Å². The van der Waals surface area contributed by atoms with Gasteiger partial charge in [-0.2, -0.15) is 0 Å². The van der Waals surface area contributed by atoms with E-state index >= 15 is 0 Å². The predicted molar refractivity (Wildman–Crippen MR) is 80.2 cm³/mol. The highest BCUT2D eigenvalue weighted by Crippen LogP contribution is 2.25. The summed E-state index contributed by atoms with van der Waals surface area (Å²) in [5, 5.41) is 0. The van der Waals surface area contributed by atoms with Crippen molar-refractivity contribution in [3.8, 4) is 5.75 Å². The van der Waals surface area contributed by atoms with E-state index in [0.717, 1.165) is 12.8 Å². The first kappa shape index (κ1) is 14.8. The number of carbonyl (C=O) groups is 1. The molecule has 0 unspecified atom stereocenters. The Morgan fingerprint density at radius 2 is 2.00 bits per heavy atom. The standard InChI is InChI=1S/C16H18N2O3/c1-20-16(19)13-5-2-6-14(15(13)17)21-11-3-4-12-7-9-18-10-8-12/h2,5-10H,3-4,11,17H2,1H3. The maximum Gasteiger partial charge on any atom is 0.340 e. The Hall–Kier alpha value is -2.56. The minimum absolute atomic E-state index is 0.313. The Labute approximate surface area is 123 Å². The second-order valence-electron chi connectivity index (χ2n) is 4.52. The molecular weight excluding hydrogens is 268 g/mol. The summed E-state index contributed by atoms with van der Waals surface area (Å²) >= 11 is 0. The van der Waals surface area contributed by atoms with Gasteiger partial charge in [-0.05, 0) is 42.7 Å². The van der Waals surface area contributed by atoms with E-state index in [2.05, 4.69) is 9.72 Å². The molecule has 0 aliphatic heterocycles. The van der Waals surface area contributed by atoms with E-state index in [0.29, 0.717) is 23.6 Å². The second kappa shape index (κ2) is 7.28. The van der Waals surface area contributed by atoms with Crippen molar-refractivity contribution in [3.63, 3.8) is 0 Å². The maximum atomic E-state index is 11.5. The Bertz CT molecular complexity index is 600. The predicted octanol–water partition coefficient (Wildman–Crippen LogP) is 2.46. The number of hydrogen-bond donors (Lipinski definition) is 1. The van der Waals surface area contributed by atoms with E-state index in [9.17, 15) is 4.79 Å². The average Bonchev–Trinajstić information content (AvgIpc) is 2.53. The largest absolute Gasteiger partial charge is 0.491 e. The number of aromatic nitrogens is 1. The number of nitrogens with zero attached hydrogens (tertiary/aromatic N) is 1. The fraction of sp³-hybridized carbons (Fsp3) is 0.250. The first-order valence-corrected chi connectivity index (χ1v) is 6.71. The van der Waals surface area contributed by atoms with Crippen molar-refractivity contribution in [3.05, 3.63) is 53.9 Å². The molecule has 5 heteroatoms. The zero-order valence-electron chi connectivity index (χ0n) is 11.9. The number of pyridine rings is 1. The number of methoxy groups -OCH3 is 1. The lowest BCUT2D eigenvalue weighted by Crippen LogP contribution is -2.08. The molecule has 0 spiro atoms. The summed E-state index contributed by atoms with van der Waals surface area (Å²) in [5.74, 6) is 0.0439. The molecule has 110 valence electrons. The van der Waals surface area contributed by atoms with Gasteiger partial charge in [-0.25, -0.2) is 4.79 Å². The number of para-hydroxylation sites is 1. The molecule has 1 aromatic heterocycles. The van der Waals surface area contributed by atoms with Crippen LogP contribution in [0.2, 0.25) is 0 Å². The van der Waals surface area contributed by atoms with E-state index in [1.54, 1.807) is 30.6 Å². The second-order valence-corrected chi connectivity index (χ2v) is 4.52. The number of benzene rings is 1. The van der Waals surface area contributed by atoms with Crippen molar-refractivity contribution < 1.29 is 14.3 Å². The molecule has 5 nitrogen and oxygen atoms in total. The van der Waals surface area contributed by atoms with Crippen molar-refractivity contribution in [2.45, 2.75) is 12.8 Å². The van der Waals surface area contributed by atoms with Crippen LogP contribution in [0.15, 0.2) is 42.7 Å². The molecule has 0 bridgehead atoms. The third-order valence-corrected chi connectivity index (χ3v) is 3.09. The molecule has 2 rings (SSSR count). The first-order chi connectivity index (χ1) is 10.2. The van der Waals surface area contributed by atoms with E-state index in [4.69, 9.17) is 10.5 Å². The number of ether oxygens (including phenoxy) is 2. The fourth-order valence-corrected chi connectivity index (χ4v) is 1.97. The Morgan fingerprint density at radius 1 is 1.24 bits per heavy atom. The summed E-state index contributed by atoms with van der Waals surface area (Å²) in [5.41, 5.74) is 7.77. The summed E-state index contributed by atoms with van der Waals surface area (Å²) in [6.07, 6.45) is 5.30. The highest BCUT2D eigenvalue weighted by atomic mass is 16.5. The van der Waals surface area contributed by atoms with Gasteiger partial charge in [-0.1, -0.05) is 6.07 Å².